The Labute approximate surface area is 192 Å². The molecule has 0 spiro atoms. The quantitative estimate of drug-likeness (QED) is 0.492. The molecule has 5 nitrogen and oxygen atoms in total. The lowest BCUT2D eigenvalue weighted by Gasteiger charge is -2.25. The largest absolute Gasteiger partial charge is 0.324 e. The number of carbonyl (C=O) groups excluding carboxylic acids is 1. The first-order valence-electron chi connectivity index (χ1n) is 9.50. The maximum Gasteiger partial charge on any atom is 0.264 e. The first kappa shape index (κ1) is 23.1. The second-order valence-electron chi connectivity index (χ2n) is 7.22. The number of carbonyl (C=O) groups is 1. The Hall–Kier alpha value is -2.54. The van der Waals surface area contributed by atoms with Crippen molar-refractivity contribution in [2.24, 2.45) is 0 Å². The standard InChI is InChI=1S/C23H22Cl2N2O3S/c1-15-12-16(2)23(17(3)13-15)26-21(28)14-27(20-11-7-10-19(24)22(20)25)31(29,30)18-8-5-4-6-9-18/h4-13H,14H2,1-3H3,(H,26,28). The molecule has 0 unspecified atom stereocenters. The van der Waals surface area contributed by atoms with Crippen molar-refractivity contribution >= 4 is 50.5 Å². The van der Waals surface area contributed by atoms with Gasteiger partial charge in [0.25, 0.3) is 10.0 Å². The zero-order valence-electron chi connectivity index (χ0n) is 17.3. The average molecular weight is 477 g/mol. The fourth-order valence-electron chi connectivity index (χ4n) is 3.39. The van der Waals surface area contributed by atoms with Gasteiger partial charge in [-0.2, -0.15) is 0 Å². The van der Waals surface area contributed by atoms with Gasteiger partial charge in [-0.15, -0.1) is 0 Å². The number of aryl methyl sites for hydroxylation is 3. The van der Waals surface area contributed by atoms with Crippen LogP contribution < -0.4 is 9.62 Å². The number of sulfonamides is 1. The van der Waals surface area contributed by atoms with E-state index in [1.165, 1.54) is 18.2 Å². The molecule has 0 saturated heterocycles. The molecule has 0 atom stereocenters. The van der Waals surface area contributed by atoms with Crippen LogP contribution in [-0.2, 0) is 14.8 Å². The van der Waals surface area contributed by atoms with Crippen LogP contribution in [0.1, 0.15) is 16.7 Å². The summed E-state index contributed by atoms with van der Waals surface area (Å²) in [5.41, 5.74) is 3.65. The van der Waals surface area contributed by atoms with Crippen molar-refractivity contribution in [3.63, 3.8) is 0 Å². The lowest BCUT2D eigenvalue weighted by atomic mass is 10.1. The van der Waals surface area contributed by atoms with Gasteiger partial charge in [0.2, 0.25) is 5.91 Å². The average Bonchev–Trinajstić information content (AvgIpc) is 2.72. The molecule has 162 valence electrons. The highest BCUT2D eigenvalue weighted by Gasteiger charge is 2.29. The van der Waals surface area contributed by atoms with Crippen LogP contribution in [0, 0.1) is 20.8 Å². The van der Waals surface area contributed by atoms with Gasteiger partial charge in [-0.25, -0.2) is 8.42 Å². The van der Waals surface area contributed by atoms with Crippen molar-refractivity contribution in [1.29, 1.82) is 0 Å². The normalized spacial score (nSPS) is 11.3. The van der Waals surface area contributed by atoms with Crippen molar-refractivity contribution in [3.8, 4) is 0 Å². The highest BCUT2D eigenvalue weighted by molar-refractivity contribution is 7.92. The van der Waals surface area contributed by atoms with E-state index in [1.54, 1.807) is 30.3 Å². The summed E-state index contributed by atoms with van der Waals surface area (Å²) < 4.78 is 27.8. The highest BCUT2D eigenvalue weighted by Crippen LogP contribution is 2.35. The van der Waals surface area contributed by atoms with Crippen LogP contribution in [0.2, 0.25) is 10.0 Å². The molecule has 3 rings (SSSR count). The SMILES string of the molecule is Cc1cc(C)c(NC(=O)CN(c2cccc(Cl)c2Cl)S(=O)(=O)c2ccccc2)c(C)c1. The summed E-state index contributed by atoms with van der Waals surface area (Å²) in [6.45, 7) is 5.29. The molecule has 0 aliphatic heterocycles. The van der Waals surface area contributed by atoms with Gasteiger partial charge in [0, 0.05) is 5.69 Å². The van der Waals surface area contributed by atoms with Crippen molar-refractivity contribution in [3.05, 3.63) is 87.4 Å². The van der Waals surface area contributed by atoms with E-state index in [0.717, 1.165) is 21.0 Å². The number of nitrogens with zero attached hydrogens (tertiary/aromatic N) is 1. The summed E-state index contributed by atoms with van der Waals surface area (Å²) in [5.74, 6) is -0.495. The number of hydrogen-bond acceptors (Lipinski definition) is 3. The number of halogens is 2. The molecular formula is C23H22Cl2N2O3S. The lowest BCUT2D eigenvalue weighted by molar-refractivity contribution is -0.114. The molecule has 0 aliphatic carbocycles. The minimum absolute atomic E-state index is 0.0431. The molecule has 3 aromatic carbocycles. The fraction of sp³-hybridized carbons (Fsp3) is 0.174. The monoisotopic (exact) mass is 476 g/mol. The van der Waals surface area contributed by atoms with Crippen LogP contribution in [0.4, 0.5) is 11.4 Å². The van der Waals surface area contributed by atoms with Gasteiger partial charge < -0.3 is 5.32 Å². The maximum absolute atomic E-state index is 13.4. The summed E-state index contributed by atoms with van der Waals surface area (Å²) in [5, 5.41) is 3.09. The first-order chi connectivity index (χ1) is 14.6. The second-order valence-corrected chi connectivity index (χ2v) is 9.87. The summed E-state index contributed by atoms with van der Waals surface area (Å²) in [4.78, 5) is 13.0. The Bertz CT molecular complexity index is 1210. The molecule has 3 aromatic rings. The zero-order chi connectivity index (χ0) is 22.8. The van der Waals surface area contributed by atoms with Crippen LogP contribution >= 0.6 is 23.2 Å². The molecule has 0 heterocycles. The fourth-order valence-corrected chi connectivity index (χ4v) is 5.29. The van der Waals surface area contributed by atoms with Crippen LogP contribution in [0.3, 0.4) is 0 Å². The van der Waals surface area contributed by atoms with Crippen molar-refractivity contribution < 1.29 is 13.2 Å². The Morgan fingerprint density at radius 1 is 0.935 bits per heavy atom. The smallest absolute Gasteiger partial charge is 0.264 e. The van der Waals surface area contributed by atoms with Crippen LogP contribution in [0.5, 0.6) is 0 Å². The predicted molar refractivity (Wildman–Crippen MR) is 127 cm³/mol. The van der Waals surface area contributed by atoms with Crippen molar-refractivity contribution in [2.45, 2.75) is 25.7 Å². The second kappa shape index (κ2) is 9.30. The van der Waals surface area contributed by atoms with E-state index in [0.29, 0.717) is 5.69 Å². The van der Waals surface area contributed by atoms with Gasteiger partial charge in [-0.05, 0) is 56.2 Å². The van der Waals surface area contributed by atoms with E-state index >= 15 is 0 Å². The van der Waals surface area contributed by atoms with E-state index < -0.39 is 22.5 Å². The molecule has 31 heavy (non-hydrogen) atoms. The minimum Gasteiger partial charge on any atom is -0.324 e. The van der Waals surface area contributed by atoms with Crippen LogP contribution in [0.25, 0.3) is 0 Å². The molecule has 8 heteroatoms. The third-order valence-electron chi connectivity index (χ3n) is 4.76. The number of rotatable bonds is 6. The molecule has 0 fully saturated rings. The molecule has 0 bridgehead atoms. The number of hydrogen-bond donors (Lipinski definition) is 1. The van der Waals surface area contributed by atoms with Crippen molar-refractivity contribution in [1.82, 2.24) is 0 Å². The topological polar surface area (TPSA) is 66.5 Å². The lowest BCUT2D eigenvalue weighted by Crippen LogP contribution is -2.38. The molecular weight excluding hydrogens is 455 g/mol. The van der Waals surface area contributed by atoms with E-state index in [1.807, 2.05) is 32.9 Å². The minimum atomic E-state index is -4.08. The number of benzene rings is 3. The summed E-state index contributed by atoms with van der Waals surface area (Å²) in [6, 6.07) is 16.4. The van der Waals surface area contributed by atoms with E-state index in [-0.39, 0.29) is 20.6 Å². The van der Waals surface area contributed by atoms with E-state index in [2.05, 4.69) is 5.32 Å². The van der Waals surface area contributed by atoms with Gasteiger partial charge in [-0.1, -0.05) is 65.2 Å². The van der Waals surface area contributed by atoms with Gasteiger partial charge in [0.1, 0.15) is 6.54 Å². The Morgan fingerprint density at radius 3 is 2.16 bits per heavy atom. The third kappa shape index (κ3) is 5.03. The summed E-state index contributed by atoms with van der Waals surface area (Å²) in [6.07, 6.45) is 0. The first-order valence-corrected chi connectivity index (χ1v) is 11.7. The Kier molecular flexibility index (Phi) is 6.94. The number of anilines is 2. The van der Waals surface area contributed by atoms with Gasteiger partial charge >= 0.3 is 0 Å². The van der Waals surface area contributed by atoms with Gasteiger partial charge in [0.15, 0.2) is 0 Å². The predicted octanol–water partition coefficient (Wildman–Crippen LogP) is 5.75. The highest BCUT2D eigenvalue weighted by atomic mass is 35.5. The Balaban J connectivity index is 2.02. The van der Waals surface area contributed by atoms with E-state index in [9.17, 15) is 13.2 Å². The molecule has 0 radical (unpaired) electrons. The molecule has 0 aromatic heterocycles. The van der Waals surface area contributed by atoms with Gasteiger partial charge in [0.05, 0.1) is 20.6 Å². The molecule has 0 aliphatic rings. The van der Waals surface area contributed by atoms with E-state index in [4.69, 9.17) is 23.2 Å². The summed E-state index contributed by atoms with van der Waals surface area (Å²) in [7, 11) is -4.08. The van der Waals surface area contributed by atoms with Gasteiger partial charge in [-0.3, -0.25) is 9.10 Å². The van der Waals surface area contributed by atoms with Crippen LogP contribution in [0.15, 0.2) is 65.6 Å². The molecule has 0 saturated carbocycles. The maximum atomic E-state index is 13.4. The Morgan fingerprint density at radius 2 is 1.55 bits per heavy atom. The molecule has 1 N–H and O–H groups in total. The summed E-state index contributed by atoms with van der Waals surface area (Å²) >= 11 is 12.4. The number of nitrogens with one attached hydrogen (secondary N) is 1. The van der Waals surface area contributed by atoms with Crippen LogP contribution in [-0.4, -0.2) is 20.9 Å². The third-order valence-corrected chi connectivity index (χ3v) is 7.34. The van der Waals surface area contributed by atoms with Crippen molar-refractivity contribution in [2.75, 3.05) is 16.2 Å². The number of amides is 1. The molecule has 1 amide bonds. The zero-order valence-corrected chi connectivity index (χ0v) is 19.6.